The van der Waals surface area contributed by atoms with Gasteiger partial charge in [-0.2, -0.15) is 0 Å². The fraction of sp³-hybridized carbons (Fsp3) is 0.471. The van der Waals surface area contributed by atoms with Crippen LogP contribution >= 0.6 is 0 Å². The van der Waals surface area contributed by atoms with Crippen LogP contribution in [-0.2, 0) is 24.3 Å². The summed E-state index contributed by atoms with van der Waals surface area (Å²) in [6, 6.07) is 5.95. The predicted octanol–water partition coefficient (Wildman–Crippen LogP) is -0.0701. The average molecular weight is 397 g/mol. The summed E-state index contributed by atoms with van der Waals surface area (Å²) in [5.74, 6) is -0.683. The number of carbonyl (C=O) groups excluding carboxylic acids is 3. The standard InChI is InChI=1S/C17H23N3O6S/c1-26-17(23)14-3-5-15(6-4-14)20(27(2,24)25)8-7-16(22)19-11-9-18(13-21)10-12-19/h3-6,13H,7-12H2,1-2H3. The second-order valence-corrected chi connectivity index (χ2v) is 8.05. The maximum Gasteiger partial charge on any atom is 0.337 e. The van der Waals surface area contributed by atoms with Crippen LogP contribution in [0.25, 0.3) is 0 Å². The molecule has 1 aromatic carbocycles. The third-order valence-corrected chi connectivity index (χ3v) is 5.52. The van der Waals surface area contributed by atoms with Gasteiger partial charge in [0.1, 0.15) is 0 Å². The fourth-order valence-corrected chi connectivity index (χ4v) is 3.73. The van der Waals surface area contributed by atoms with E-state index in [0.717, 1.165) is 17.0 Å². The number of esters is 1. The quantitative estimate of drug-likeness (QED) is 0.471. The lowest BCUT2D eigenvalue weighted by Crippen LogP contribution is -2.48. The van der Waals surface area contributed by atoms with E-state index in [0.29, 0.717) is 37.4 Å². The highest BCUT2D eigenvalue weighted by Gasteiger charge is 2.23. The van der Waals surface area contributed by atoms with Crippen LogP contribution < -0.4 is 4.31 Å². The summed E-state index contributed by atoms with van der Waals surface area (Å²) in [5.41, 5.74) is 0.669. The van der Waals surface area contributed by atoms with E-state index in [2.05, 4.69) is 4.74 Å². The zero-order chi connectivity index (χ0) is 20.0. The molecule has 10 heteroatoms. The first kappa shape index (κ1) is 20.7. The average Bonchev–Trinajstić information content (AvgIpc) is 2.67. The number of amides is 2. The van der Waals surface area contributed by atoms with Gasteiger partial charge in [0.15, 0.2) is 0 Å². The van der Waals surface area contributed by atoms with E-state index in [1.54, 1.807) is 9.80 Å². The van der Waals surface area contributed by atoms with Gasteiger partial charge >= 0.3 is 5.97 Å². The number of methoxy groups -OCH3 is 1. The Morgan fingerprint density at radius 3 is 2.22 bits per heavy atom. The molecule has 0 aromatic heterocycles. The SMILES string of the molecule is COC(=O)c1ccc(N(CCC(=O)N2CCN(C=O)CC2)S(C)(=O)=O)cc1. The molecule has 2 amide bonds. The summed E-state index contributed by atoms with van der Waals surface area (Å²) < 4.78 is 30.0. The molecule has 0 atom stereocenters. The lowest BCUT2D eigenvalue weighted by molar-refractivity contribution is -0.134. The van der Waals surface area contributed by atoms with Crippen molar-refractivity contribution in [1.29, 1.82) is 0 Å². The molecule has 27 heavy (non-hydrogen) atoms. The minimum absolute atomic E-state index is 0.0108. The smallest absolute Gasteiger partial charge is 0.337 e. The number of carbonyl (C=O) groups is 3. The number of piperazine rings is 1. The molecule has 0 aliphatic carbocycles. The second-order valence-electron chi connectivity index (χ2n) is 6.15. The molecule has 148 valence electrons. The van der Waals surface area contributed by atoms with Crippen LogP contribution in [0.1, 0.15) is 16.8 Å². The first-order chi connectivity index (χ1) is 12.8. The third-order valence-electron chi connectivity index (χ3n) is 4.32. The number of rotatable bonds is 7. The summed E-state index contributed by atoms with van der Waals surface area (Å²) in [5, 5.41) is 0. The van der Waals surface area contributed by atoms with Gasteiger partial charge < -0.3 is 14.5 Å². The van der Waals surface area contributed by atoms with Crippen LogP contribution in [0.2, 0.25) is 0 Å². The first-order valence-electron chi connectivity index (χ1n) is 8.39. The molecule has 2 rings (SSSR count). The van der Waals surface area contributed by atoms with Crippen molar-refractivity contribution >= 4 is 34.0 Å². The Kier molecular flexibility index (Phi) is 6.78. The molecule has 9 nitrogen and oxygen atoms in total. The third kappa shape index (κ3) is 5.43. The highest BCUT2D eigenvalue weighted by atomic mass is 32.2. The lowest BCUT2D eigenvalue weighted by Gasteiger charge is -2.33. The number of hydrogen-bond donors (Lipinski definition) is 0. The van der Waals surface area contributed by atoms with Crippen molar-refractivity contribution in [2.45, 2.75) is 6.42 Å². The van der Waals surface area contributed by atoms with E-state index in [1.807, 2.05) is 0 Å². The van der Waals surface area contributed by atoms with Crippen molar-refractivity contribution in [2.24, 2.45) is 0 Å². The Morgan fingerprint density at radius 2 is 1.74 bits per heavy atom. The molecule has 0 unspecified atom stereocenters. The fourth-order valence-electron chi connectivity index (χ4n) is 2.80. The minimum atomic E-state index is -3.60. The number of hydrogen-bond acceptors (Lipinski definition) is 6. The summed E-state index contributed by atoms with van der Waals surface area (Å²) in [7, 11) is -2.34. The molecule has 1 aliphatic rings. The van der Waals surface area contributed by atoms with Gasteiger partial charge in [-0.15, -0.1) is 0 Å². The second kappa shape index (κ2) is 8.85. The Hall–Kier alpha value is -2.62. The first-order valence-corrected chi connectivity index (χ1v) is 10.2. The number of sulfonamides is 1. The molecule has 1 aromatic rings. The Bertz CT molecular complexity index is 785. The normalized spacial score (nSPS) is 14.6. The van der Waals surface area contributed by atoms with Crippen molar-refractivity contribution < 1.29 is 27.5 Å². The number of benzene rings is 1. The maximum absolute atomic E-state index is 12.4. The van der Waals surface area contributed by atoms with Crippen LogP contribution in [0.15, 0.2) is 24.3 Å². The summed E-state index contributed by atoms with van der Waals surface area (Å²) in [6.45, 7) is 1.80. The summed E-state index contributed by atoms with van der Waals surface area (Å²) in [6.07, 6.45) is 1.84. The predicted molar refractivity (Wildman–Crippen MR) is 98.8 cm³/mol. The van der Waals surface area contributed by atoms with Crippen LogP contribution in [-0.4, -0.2) is 82.6 Å². The highest BCUT2D eigenvalue weighted by Crippen LogP contribution is 2.19. The van der Waals surface area contributed by atoms with Gasteiger partial charge in [-0.3, -0.25) is 13.9 Å². The Morgan fingerprint density at radius 1 is 1.15 bits per heavy atom. The van der Waals surface area contributed by atoms with Crippen molar-refractivity contribution in [3.63, 3.8) is 0 Å². The Labute approximate surface area is 158 Å². The van der Waals surface area contributed by atoms with E-state index in [4.69, 9.17) is 0 Å². The van der Waals surface area contributed by atoms with Gasteiger partial charge in [-0.05, 0) is 24.3 Å². The van der Waals surface area contributed by atoms with Gasteiger partial charge in [-0.25, -0.2) is 13.2 Å². The van der Waals surface area contributed by atoms with Crippen LogP contribution in [0.4, 0.5) is 5.69 Å². The molecular formula is C17H23N3O6S. The molecule has 1 saturated heterocycles. The maximum atomic E-state index is 12.4. The molecule has 0 saturated carbocycles. The van der Waals surface area contributed by atoms with E-state index in [1.165, 1.54) is 31.4 Å². The molecule has 1 aliphatic heterocycles. The molecule has 0 radical (unpaired) electrons. The molecule has 0 N–H and O–H groups in total. The lowest BCUT2D eigenvalue weighted by atomic mass is 10.2. The number of ether oxygens (including phenoxy) is 1. The molecular weight excluding hydrogens is 374 g/mol. The highest BCUT2D eigenvalue weighted by molar-refractivity contribution is 7.92. The molecule has 1 fully saturated rings. The van der Waals surface area contributed by atoms with Crippen molar-refractivity contribution in [2.75, 3.05) is 50.4 Å². The molecule has 0 bridgehead atoms. The zero-order valence-electron chi connectivity index (χ0n) is 15.3. The number of anilines is 1. The van der Waals surface area contributed by atoms with Crippen LogP contribution in [0.3, 0.4) is 0 Å². The van der Waals surface area contributed by atoms with E-state index < -0.39 is 16.0 Å². The zero-order valence-corrected chi connectivity index (χ0v) is 16.1. The van der Waals surface area contributed by atoms with Gasteiger partial charge in [0, 0.05) is 39.1 Å². The van der Waals surface area contributed by atoms with Crippen molar-refractivity contribution in [1.82, 2.24) is 9.80 Å². The van der Waals surface area contributed by atoms with Gasteiger partial charge in [0.2, 0.25) is 22.3 Å². The van der Waals surface area contributed by atoms with E-state index >= 15 is 0 Å². The van der Waals surface area contributed by atoms with Crippen molar-refractivity contribution in [3.05, 3.63) is 29.8 Å². The topological polar surface area (TPSA) is 104 Å². The van der Waals surface area contributed by atoms with Gasteiger partial charge in [0.25, 0.3) is 0 Å². The Balaban J connectivity index is 2.04. The van der Waals surface area contributed by atoms with Gasteiger partial charge in [0.05, 0.1) is 24.6 Å². The van der Waals surface area contributed by atoms with Gasteiger partial charge in [-0.1, -0.05) is 0 Å². The van der Waals surface area contributed by atoms with E-state index in [9.17, 15) is 22.8 Å². The largest absolute Gasteiger partial charge is 0.465 e. The molecule has 1 heterocycles. The van der Waals surface area contributed by atoms with E-state index in [-0.39, 0.29) is 18.9 Å². The molecule has 0 spiro atoms. The number of nitrogens with zero attached hydrogens (tertiary/aromatic N) is 3. The summed E-state index contributed by atoms with van der Waals surface area (Å²) in [4.78, 5) is 37.8. The summed E-state index contributed by atoms with van der Waals surface area (Å²) >= 11 is 0. The van der Waals surface area contributed by atoms with Crippen LogP contribution in [0, 0.1) is 0 Å². The monoisotopic (exact) mass is 397 g/mol. The van der Waals surface area contributed by atoms with Crippen molar-refractivity contribution in [3.8, 4) is 0 Å². The van der Waals surface area contributed by atoms with Crippen LogP contribution in [0.5, 0.6) is 0 Å². The minimum Gasteiger partial charge on any atom is -0.465 e.